The number of hydrogen-bond acceptors (Lipinski definition) is 2. The fourth-order valence-electron chi connectivity index (χ4n) is 6.74. The maximum absolute atomic E-state index is 6.93. The maximum atomic E-state index is 6.93. The second-order valence-corrected chi connectivity index (χ2v) is 13.4. The molecule has 0 aliphatic heterocycles. The van der Waals surface area contributed by atoms with E-state index in [1.54, 1.807) is 0 Å². The largest absolute Gasteiger partial charge is 0.456 e. The van der Waals surface area contributed by atoms with Crippen LogP contribution in [-0.4, -0.2) is 4.98 Å². The molecule has 0 amide bonds. The molecule has 1 atom stereocenters. The third-order valence-corrected chi connectivity index (χ3v) is 11.3. The maximum Gasteiger partial charge on any atom is 0.143 e. The molecule has 3 heteroatoms. The van der Waals surface area contributed by atoms with Gasteiger partial charge in [0, 0.05) is 38.8 Å². The van der Waals surface area contributed by atoms with Crippen molar-refractivity contribution in [1.29, 1.82) is 0 Å². The molecule has 44 heavy (non-hydrogen) atoms. The number of benzene rings is 7. The Hall–Kier alpha value is -5.43. The summed E-state index contributed by atoms with van der Waals surface area (Å²) in [6.45, 7) is 0. The van der Waals surface area contributed by atoms with Crippen molar-refractivity contribution < 1.29 is 4.74 Å². The quantitative estimate of drug-likeness (QED) is 0.194. The Balaban J connectivity index is 1.26. The van der Waals surface area contributed by atoms with Crippen LogP contribution in [-0.2, 0) is 0 Å². The fourth-order valence-corrected chi connectivity index (χ4v) is 9.34. The van der Waals surface area contributed by atoms with Gasteiger partial charge in [0.05, 0.1) is 0 Å². The molecule has 0 saturated heterocycles. The third-order valence-electron chi connectivity index (χ3n) is 8.69. The zero-order valence-corrected chi connectivity index (χ0v) is 24.7. The van der Waals surface area contributed by atoms with Crippen LogP contribution in [0.2, 0.25) is 0 Å². The van der Waals surface area contributed by atoms with Gasteiger partial charge in [0.15, 0.2) is 0 Å². The number of rotatable bonds is 4. The van der Waals surface area contributed by atoms with E-state index in [4.69, 9.17) is 4.74 Å². The summed E-state index contributed by atoms with van der Waals surface area (Å²) in [5.74, 6) is 1.70. The summed E-state index contributed by atoms with van der Waals surface area (Å²) in [7, 11) is -0.607. The van der Waals surface area contributed by atoms with E-state index in [0.29, 0.717) is 0 Å². The minimum absolute atomic E-state index is 0.607. The number of fused-ring (bicyclic) bond motifs is 6. The molecule has 0 spiro atoms. The van der Waals surface area contributed by atoms with Gasteiger partial charge in [0.25, 0.3) is 0 Å². The molecule has 206 valence electrons. The highest BCUT2D eigenvalue weighted by atomic mass is 31.1. The number of nitrogens with zero attached hydrogens (tertiary/aromatic N) is 1. The smallest absolute Gasteiger partial charge is 0.143 e. The van der Waals surface area contributed by atoms with E-state index in [0.717, 1.165) is 33.0 Å². The van der Waals surface area contributed by atoms with Gasteiger partial charge in [-0.05, 0) is 73.7 Å². The Kier molecular flexibility index (Phi) is 5.76. The van der Waals surface area contributed by atoms with Crippen LogP contribution in [0.1, 0.15) is 0 Å². The SMILES string of the molecule is c1ccc(-p2c3ccccc3c3cc(Oc4c5ccccc5c(-c5ccc6ccccc6c5)c5cnccc45)ccc32)cc1. The van der Waals surface area contributed by atoms with E-state index in [9.17, 15) is 0 Å². The number of hydrogen-bond donors (Lipinski definition) is 0. The zero-order valence-electron chi connectivity index (χ0n) is 23.8. The molecule has 0 bridgehead atoms. The molecule has 0 radical (unpaired) electrons. The fraction of sp³-hybridized carbons (Fsp3) is 0. The molecular formula is C41H26NOP. The van der Waals surface area contributed by atoms with E-state index < -0.39 is 7.53 Å². The van der Waals surface area contributed by atoms with E-state index in [1.807, 2.05) is 12.4 Å². The van der Waals surface area contributed by atoms with Crippen molar-refractivity contribution in [2.24, 2.45) is 0 Å². The first-order valence-corrected chi connectivity index (χ1v) is 16.2. The van der Waals surface area contributed by atoms with Gasteiger partial charge in [-0.15, -0.1) is 0 Å². The summed E-state index contributed by atoms with van der Waals surface area (Å²) in [6.07, 6.45) is 3.84. The van der Waals surface area contributed by atoms with Gasteiger partial charge in [0.1, 0.15) is 11.5 Å². The van der Waals surface area contributed by atoms with Crippen molar-refractivity contribution >= 4 is 60.9 Å². The first-order chi connectivity index (χ1) is 21.8. The van der Waals surface area contributed by atoms with Gasteiger partial charge in [-0.2, -0.15) is 0 Å². The second-order valence-electron chi connectivity index (χ2n) is 11.2. The van der Waals surface area contributed by atoms with E-state index in [-0.39, 0.29) is 0 Å². The summed E-state index contributed by atoms with van der Waals surface area (Å²) < 4.78 is 6.93. The van der Waals surface area contributed by atoms with Crippen LogP contribution in [0.15, 0.2) is 158 Å². The van der Waals surface area contributed by atoms with Crippen LogP contribution in [0.4, 0.5) is 0 Å². The van der Waals surface area contributed by atoms with Crippen molar-refractivity contribution in [3.63, 3.8) is 0 Å². The molecule has 2 heterocycles. The van der Waals surface area contributed by atoms with Crippen molar-refractivity contribution in [1.82, 2.24) is 4.98 Å². The zero-order chi connectivity index (χ0) is 29.0. The van der Waals surface area contributed by atoms with Gasteiger partial charge in [0.2, 0.25) is 0 Å². The Morgan fingerprint density at radius 3 is 2.07 bits per heavy atom. The predicted octanol–water partition coefficient (Wildman–Crippen LogP) is 12.3. The Morgan fingerprint density at radius 2 is 1.18 bits per heavy atom. The summed E-state index contributed by atoms with van der Waals surface area (Å²) in [5.41, 5.74) is 2.35. The number of ether oxygens (including phenoxy) is 1. The minimum atomic E-state index is -0.607. The Morgan fingerprint density at radius 1 is 0.477 bits per heavy atom. The lowest BCUT2D eigenvalue weighted by molar-refractivity contribution is 0.494. The molecule has 0 fully saturated rings. The molecule has 7 aromatic carbocycles. The number of pyridine rings is 1. The minimum Gasteiger partial charge on any atom is -0.456 e. The summed E-state index contributed by atoms with van der Waals surface area (Å²) in [6, 6.07) is 52.3. The predicted molar refractivity (Wildman–Crippen MR) is 188 cm³/mol. The highest BCUT2D eigenvalue weighted by Crippen LogP contribution is 2.55. The molecule has 9 rings (SSSR count). The van der Waals surface area contributed by atoms with Crippen LogP contribution in [0.25, 0.3) is 69.8 Å². The van der Waals surface area contributed by atoms with E-state index in [2.05, 4.69) is 151 Å². The normalized spacial score (nSPS) is 12.0. The number of aromatic nitrogens is 1. The molecule has 1 unspecified atom stereocenters. The molecule has 0 aliphatic carbocycles. The van der Waals surface area contributed by atoms with Crippen LogP contribution in [0.5, 0.6) is 11.5 Å². The standard InChI is InChI=1S/C41H26NOP/c1-2-12-31(13-3-1)44-38-17-9-8-14-32(38)36-25-30(20-21-39(36)44)43-41-34-16-7-6-15-33(34)40(37-26-42-23-22-35(37)41)29-19-18-27-10-4-5-11-28(27)24-29/h1-26H. The first-order valence-electron chi connectivity index (χ1n) is 14.9. The van der Waals surface area contributed by atoms with Gasteiger partial charge in [-0.25, -0.2) is 0 Å². The average molecular weight is 580 g/mol. The molecule has 0 saturated carbocycles. The van der Waals surface area contributed by atoms with Crippen molar-refractivity contribution in [2.75, 3.05) is 0 Å². The lowest BCUT2D eigenvalue weighted by Gasteiger charge is -2.18. The van der Waals surface area contributed by atoms with Crippen LogP contribution in [0, 0.1) is 0 Å². The van der Waals surface area contributed by atoms with Gasteiger partial charge in [-0.1, -0.05) is 123 Å². The lowest BCUT2D eigenvalue weighted by atomic mass is 9.91. The molecule has 2 aromatic heterocycles. The molecule has 0 aliphatic rings. The summed E-state index contributed by atoms with van der Waals surface area (Å²) in [5, 5.41) is 13.5. The van der Waals surface area contributed by atoms with Gasteiger partial charge < -0.3 is 4.74 Å². The molecule has 0 N–H and O–H groups in total. The first kappa shape index (κ1) is 25.1. The van der Waals surface area contributed by atoms with Crippen molar-refractivity contribution in [3.05, 3.63) is 158 Å². The van der Waals surface area contributed by atoms with Crippen LogP contribution >= 0.6 is 7.53 Å². The van der Waals surface area contributed by atoms with Gasteiger partial charge in [-0.3, -0.25) is 4.98 Å². The third kappa shape index (κ3) is 3.93. The van der Waals surface area contributed by atoms with Crippen LogP contribution < -0.4 is 4.74 Å². The van der Waals surface area contributed by atoms with Crippen molar-refractivity contribution in [2.45, 2.75) is 0 Å². The molecular weight excluding hydrogens is 553 g/mol. The average Bonchev–Trinajstić information content (AvgIpc) is 3.42. The summed E-state index contributed by atoms with van der Waals surface area (Å²) in [4.78, 5) is 4.57. The van der Waals surface area contributed by atoms with Crippen LogP contribution in [0.3, 0.4) is 0 Å². The van der Waals surface area contributed by atoms with E-state index in [1.165, 1.54) is 48.2 Å². The lowest BCUT2D eigenvalue weighted by Crippen LogP contribution is -1.93. The molecule has 2 nitrogen and oxygen atoms in total. The van der Waals surface area contributed by atoms with Crippen molar-refractivity contribution in [3.8, 4) is 27.9 Å². The topological polar surface area (TPSA) is 22.1 Å². The highest BCUT2D eigenvalue weighted by molar-refractivity contribution is 7.67. The second kappa shape index (κ2) is 10.1. The van der Waals surface area contributed by atoms with E-state index >= 15 is 0 Å². The Bertz CT molecular complexity index is 2470. The Labute approximate surface area is 255 Å². The highest BCUT2D eigenvalue weighted by Gasteiger charge is 2.19. The summed E-state index contributed by atoms with van der Waals surface area (Å²) >= 11 is 0. The van der Waals surface area contributed by atoms with Gasteiger partial charge >= 0.3 is 0 Å². The molecule has 9 aromatic rings. The monoisotopic (exact) mass is 579 g/mol.